The molecule has 0 radical (unpaired) electrons. The van der Waals surface area contributed by atoms with Crippen molar-refractivity contribution in [1.29, 1.82) is 0 Å². The molecule has 4 rings (SSSR count). The molecule has 1 aromatic heterocycles. The average Bonchev–Trinajstić information content (AvgIpc) is 2.73. The van der Waals surface area contributed by atoms with Gasteiger partial charge in [-0.1, -0.05) is 61.8 Å². The molecule has 1 saturated heterocycles. The molecule has 4 nitrogen and oxygen atoms in total. The maximum atomic E-state index is 12.8. The van der Waals surface area contributed by atoms with Crippen molar-refractivity contribution in [2.45, 2.75) is 19.8 Å². The third-order valence-electron chi connectivity index (χ3n) is 5.40. The Kier molecular flexibility index (Phi) is 5.23. The third kappa shape index (κ3) is 3.69. The van der Waals surface area contributed by atoms with E-state index < -0.39 is 0 Å². The Morgan fingerprint density at radius 3 is 2.36 bits per heavy atom. The molecule has 144 valence electrons. The van der Waals surface area contributed by atoms with Crippen LogP contribution in [0.25, 0.3) is 10.8 Å². The summed E-state index contributed by atoms with van der Waals surface area (Å²) in [5.41, 5.74) is 2.00. The summed E-state index contributed by atoms with van der Waals surface area (Å²) in [5.74, 6) is 1.44. The van der Waals surface area contributed by atoms with E-state index in [0.717, 1.165) is 35.2 Å². The minimum atomic E-state index is 0.0967. The van der Waals surface area contributed by atoms with Crippen LogP contribution in [0.4, 0.5) is 5.82 Å². The molecule has 0 aliphatic carbocycles. The number of rotatable bonds is 3. The summed E-state index contributed by atoms with van der Waals surface area (Å²) in [7, 11) is 0. The van der Waals surface area contributed by atoms with Gasteiger partial charge in [0, 0.05) is 37.1 Å². The molecule has 0 unspecified atom stereocenters. The van der Waals surface area contributed by atoms with Crippen LogP contribution >= 0.6 is 11.6 Å². The number of fused-ring (bicyclic) bond motifs is 1. The maximum Gasteiger partial charge on any atom is 0.253 e. The van der Waals surface area contributed by atoms with E-state index in [0.29, 0.717) is 24.2 Å². The van der Waals surface area contributed by atoms with Crippen molar-refractivity contribution < 1.29 is 4.79 Å². The number of carbonyl (C=O) groups is 1. The maximum absolute atomic E-state index is 12.8. The minimum absolute atomic E-state index is 0.0967. The van der Waals surface area contributed by atoms with E-state index in [9.17, 15) is 4.79 Å². The van der Waals surface area contributed by atoms with E-state index in [1.807, 2.05) is 41.3 Å². The fourth-order valence-corrected chi connectivity index (χ4v) is 3.90. The van der Waals surface area contributed by atoms with Gasteiger partial charge in [-0.2, -0.15) is 0 Å². The second-order valence-corrected chi connectivity index (χ2v) is 7.91. The smallest absolute Gasteiger partial charge is 0.253 e. The zero-order valence-corrected chi connectivity index (χ0v) is 17.0. The fraction of sp³-hybridized carbons (Fsp3) is 0.304. The number of carbonyl (C=O) groups excluding carboxylic acids is 1. The van der Waals surface area contributed by atoms with Crippen molar-refractivity contribution in [2.75, 3.05) is 31.1 Å². The van der Waals surface area contributed by atoms with Gasteiger partial charge in [-0.3, -0.25) is 4.79 Å². The van der Waals surface area contributed by atoms with Crippen molar-refractivity contribution in [2.24, 2.45) is 0 Å². The Morgan fingerprint density at radius 2 is 1.68 bits per heavy atom. The molecule has 1 fully saturated rings. The molecule has 0 spiro atoms. The number of hydrogen-bond acceptors (Lipinski definition) is 3. The number of benzene rings is 2. The van der Waals surface area contributed by atoms with Crippen molar-refractivity contribution in [3.63, 3.8) is 0 Å². The van der Waals surface area contributed by atoms with Crippen LogP contribution in [-0.4, -0.2) is 42.0 Å². The zero-order chi connectivity index (χ0) is 19.7. The number of nitrogens with zero attached hydrogens (tertiary/aromatic N) is 3. The minimum Gasteiger partial charge on any atom is -0.353 e. The highest BCUT2D eigenvalue weighted by Gasteiger charge is 2.23. The first kappa shape index (κ1) is 18.8. The number of halogens is 1. The van der Waals surface area contributed by atoms with Crippen LogP contribution in [0.15, 0.2) is 54.6 Å². The van der Waals surface area contributed by atoms with Gasteiger partial charge >= 0.3 is 0 Å². The lowest BCUT2D eigenvalue weighted by molar-refractivity contribution is 0.0746. The van der Waals surface area contributed by atoms with Crippen LogP contribution in [0.2, 0.25) is 5.15 Å². The topological polar surface area (TPSA) is 36.4 Å². The largest absolute Gasteiger partial charge is 0.353 e. The van der Waals surface area contributed by atoms with E-state index in [4.69, 9.17) is 11.6 Å². The number of piperazine rings is 1. The van der Waals surface area contributed by atoms with Crippen LogP contribution in [-0.2, 0) is 0 Å². The van der Waals surface area contributed by atoms with Gasteiger partial charge in [0.1, 0.15) is 11.0 Å². The van der Waals surface area contributed by atoms with Gasteiger partial charge < -0.3 is 9.80 Å². The van der Waals surface area contributed by atoms with Gasteiger partial charge in [-0.25, -0.2) is 4.98 Å². The van der Waals surface area contributed by atoms with Gasteiger partial charge in [0.25, 0.3) is 5.91 Å². The van der Waals surface area contributed by atoms with Gasteiger partial charge in [0.05, 0.1) is 0 Å². The highest BCUT2D eigenvalue weighted by Crippen LogP contribution is 2.27. The quantitative estimate of drug-likeness (QED) is 0.589. The molecule has 0 saturated carbocycles. The predicted octanol–water partition coefficient (Wildman–Crippen LogP) is 4.97. The monoisotopic (exact) mass is 393 g/mol. The molecule has 2 aromatic carbocycles. The highest BCUT2D eigenvalue weighted by atomic mass is 35.5. The van der Waals surface area contributed by atoms with Crippen LogP contribution < -0.4 is 4.90 Å². The van der Waals surface area contributed by atoms with Crippen molar-refractivity contribution >= 4 is 34.1 Å². The standard InChI is InChI=1S/C23H24ClN3O/c1-16(2)17-7-9-18(10-8-17)23(28)27-13-11-26(12-14-27)21-15-19-5-3-4-6-20(19)22(24)25-21/h3-10,15-16H,11-14H2,1-2H3. The Hall–Kier alpha value is -2.59. The van der Waals surface area contributed by atoms with E-state index in [-0.39, 0.29) is 5.91 Å². The van der Waals surface area contributed by atoms with Crippen LogP contribution in [0.5, 0.6) is 0 Å². The molecule has 0 N–H and O–H groups in total. The normalized spacial score (nSPS) is 14.7. The molecule has 3 aromatic rings. The summed E-state index contributed by atoms with van der Waals surface area (Å²) in [5, 5.41) is 2.57. The van der Waals surface area contributed by atoms with E-state index in [1.165, 1.54) is 5.56 Å². The van der Waals surface area contributed by atoms with Gasteiger partial charge in [0.15, 0.2) is 0 Å². The number of aromatic nitrogens is 1. The van der Waals surface area contributed by atoms with Gasteiger partial charge in [-0.05, 0) is 35.1 Å². The van der Waals surface area contributed by atoms with Crippen LogP contribution in [0.3, 0.4) is 0 Å². The van der Waals surface area contributed by atoms with E-state index >= 15 is 0 Å². The Morgan fingerprint density at radius 1 is 1.00 bits per heavy atom. The number of pyridine rings is 1. The average molecular weight is 394 g/mol. The third-order valence-corrected chi connectivity index (χ3v) is 5.68. The molecule has 1 amide bonds. The molecule has 28 heavy (non-hydrogen) atoms. The molecular weight excluding hydrogens is 370 g/mol. The van der Waals surface area contributed by atoms with Crippen LogP contribution in [0, 0.1) is 0 Å². The number of anilines is 1. The van der Waals surface area contributed by atoms with E-state index in [2.05, 4.69) is 41.9 Å². The first-order chi connectivity index (χ1) is 13.5. The Labute approximate surface area is 170 Å². The van der Waals surface area contributed by atoms with Gasteiger partial charge in [-0.15, -0.1) is 0 Å². The Bertz CT molecular complexity index is 992. The summed E-state index contributed by atoms with van der Waals surface area (Å²) < 4.78 is 0. The Balaban J connectivity index is 1.45. The summed E-state index contributed by atoms with van der Waals surface area (Å²) in [6.07, 6.45) is 0. The van der Waals surface area contributed by atoms with Crippen LogP contribution in [0.1, 0.15) is 35.7 Å². The summed E-state index contributed by atoms with van der Waals surface area (Å²) >= 11 is 6.37. The van der Waals surface area contributed by atoms with Gasteiger partial charge in [0.2, 0.25) is 0 Å². The first-order valence-corrected chi connectivity index (χ1v) is 10.1. The summed E-state index contributed by atoms with van der Waals surface area (Å²) in [4.78, 5) is 21.5. The molecule has 5 heteroatoms. The first-order valence-electron chi connectivity index (χ1n) is 9.72. The fourth-order valence-electron chi connectivity index (χ4n) is 3.64. The summed E-state index contributed by atoms with van der Waals surface area (Å²) in [6, 6.07) is 18.1. The lowest BCUT2D eigenvalue weighted by atomic mass is 10.0. The SMILES string of the molecule is CC(C)c1ccc(C(=O)N2CCN(c3cc4ccccc4c(Cl)n3)CC2)cc1. The summed E-state index contributed by atoms with van der Waals surface area (Å²) in [6.45, 7) is 7.16. The van der Waals surface area contributed by atoms with Crippen molar-refractivity contribution in [1.82, 2.24) is 9.88 Å². The lowest BCUT2D eigenvalue weighted by Crippen LogP contribution is -2.49. The zero-order valence-electron chi connectivity index (χ0n) is 16.2. The second kappa shape index (κ2) is 7.80. The predicted molar refractivity (Wildman–Crippen MR) is 115 cm³/mol. The second-order valence-electron chi connectivity index (χ2n) is 7.55. The molecule has 1 aliphatic heterocycles. The molecule has 0 atom stereocenters. The highest BCUT2D eigenvalue weighted by molar-refractivity contribution is 6.34. The van der Waals surface area contributed by atoms with Crippen molar-refractivity contribution in [3.8, 4) is 0 Å². The lowest BCUT2D eigenvalue weighted by Gasteiger charge is -2.35. The molecular formula is C23H24ClN3O. The molecule has 1 aliphatic rings. The number of amides is 1. The van der Waals surface area contributed by atoms with Crippen molar-refractivity contribution in [3.05, 3.63) is 70.9 Å². The van der Waals surface area contributed by atoms with E-state index in [1.54, 1.807) is 0 Å². The number of hydrogen-bond donors (Lipinski definition) is 0. The molecule has 0 bridgehead atoms. The molecule has 2 heterocycles.